The highest BCUT2D eigenvalue weighted by Crippen LogP contribution is 2.36. The molecule has 0 saturated carbocycles. The molecule has 1 aliphatic heterocycles. The van der Waals surface area contributed by atoms with Crippen molar-refractivity contribution < 1.29 is 14.5 Å². The van der Waals surface area contributed by atoms with Gasteiger partial charge in [0.25, 0.3) is 0 Å². The number of methoxy groups -OCH3 is 1. The van der Waals surface area contributed by atoms with Crippen LogP contribution >= 0.6 is 0 Å². The van der Waals surface area contributed by atoms with Crippen molar-refractivity contribution in [1.82, 2.24) is 5.32 Å². The van der Waals surface area contributed by atoms with Crippen molar-refractivity contribution in [3.05, 3.63) is 81.9 Å². The Morgan fingerprint density at radius 2 is 1.73 bits per heavy atom. The number of aryl methyl sites for hydroxylation is 1. The molecule has 0 aromatic heterocycles. The van der Waals surface area contributed by atoms with Crippen LogP contribution in [0.1, 0.15) is 23.6 Å². The van der Waals surface area contributed by atoms with Gasteiger partial charge in [-0.1, -0.05) is 60.7 Å². The third kappa shape index (κ3) is 3.75. The number of benzene rings is 2. The van der Waals surface area contributed by atoms with E-state index in [1.54, 1.807) is 0 Å². The SMILES string of the molecule is COC(=O)[C@@H]1N[C@H](c2ccccc2)[C@@H]([N+](=O)[O-])[C@@H]1CCc1ccccc1. The van der Waals surface area contributed by atoms with Crippen molar-refractivity contribution >= 4 is 5.97 Å². The van der Waals surface area contributed by atoms with Gasteiger partial charge in [0.2, 0.25) is 6.04 Å². The Morgan fingerprint density at radius 3 is 2.31 bits per heavy atom. The molecule has 0 spiro atoms. The summed E-state index contributed by atoms with van der Waals surface area (Å²) >= 11 is 0. The fourth-order valence-electron chi connectivity index (χ4n) is 3.78. The Labute approximate surface area is 152 Å². The van der Waals surface area contributed by atoms with E-state index in [1.807, 2.05) is 60.7 Å². The minimum atomic E-state index is -0.884. The molecular formula is C20H22N2O4. The van der Waals surface area contributed by atoms with E-state index in [1.165, 1.54) is 7.11 Å². The molecule has 4 atom stereocenters. The maximum absolute atomic E-state index is 12.3. The standard InChI is InChI=1S/C20H22N2O4/c1-26-20(23)18-16(13-12-14-8-4-2-5-9-14)19(22(24)25)17(21-18)15-10-6-3-7-11-15/h2-11,16-19,21H,12-13H2,1H3/t16-,17-,18-,19+/m1/s1. The normalized spacial score (nSPS) is 25.0. The number of carbonyl (C=O) groups excluding carboxylic acids is 1. The van der Waals surface area contributed by atoms with Crippen molar-refractivity contribution in [1.29, 1.82) is 0 Å². The number of nitro groups is 1. The molecule has 6 nitrogen and oxygen atoms in total. The van der Waals surface area contributed by atoms with Crippen LogP contribution in [0.25, 0.3) is 0 Å². The van der Waals surface area contributed by atoms with Crippen LogP contribution in [0.15, 0.2) is 60.7 Å². The zero-order valence-electron chi connectivity index (χ0n) is 14.6. The summed E-state index contributed by atoms with van der Waals surface area (Å²) in [6.45, 7) is 0. The Kier molecular flexibility index (Phi) is 5.63. The monoisotopic (exact) mass is 354 g/mol. The van der Waals surface area contributed by atoms with E-state index in [9.17, 15) is 14.9 Å². The summed E-state index contributed by atoms with van der Waals surface area (Å²) in [6.07, 6.45) is 1.21. The average molecular weight is 354 g/mol. The smallest absolute Gasteiger partial charge is 0.323 e. The first-order valence-electron chi connectivity index (χ1n) is 8.68. The molecule has 0 radical (unpaired) electrons. The van der Waals surface area contributed by atoms with Crippen LogP contribution in [-0.2, 0) is 16.0 Å². The summed E-state index contributed by atoms with van der Waals surface area (Å²) in [5, 5.41) is 15.0. The first kappa shape index (κ1) is 18.1. The Balaban J connectivity index is 1.88. The number of ether oxygens (including phenoxy) is 1. The molecule has 26 heavy (non-hydrogen) atoms. The number of rotatable bonds is 6. The van der Waals surface area contributed by atoms with Gasteiger partial charge in [0.1, 0.15) is 12.1 Å². The number of nitrogens with one attached hydrogen (secondary N) is 1. The number of carbonyl (C=O) groups is 1. The predicted molar refractivity (Wildman–Crippen MR) is 97.2 cm³/mol. The first-order chi connectivity index (χ1) is 12.6. The van der Waals surface area contributed by atoms with Crippen LogP contribution in [0, 0.1) is 16.0 Å². The summed E-state index contributed by atoms with van der Waals surface area (Å²) < 4.78 is 4.90. The molecule has 6 heteroatoms. The number of nitrogens with zero attached hydrogens (tertiary/aromatic N) is 1. The van der Waals surface area contributed by atoms with E-state index in [0.717, 1.165) is 11.1 Å². The maximum atomic E-state index is 12.3. The van der Waals surface area contributed by atoms with E-state index in [-0.39, 0.29) is 4.92 Å². The van der Waals surface area contributed by atoms with Gasteiger partial charge in [0.05, 0.1) is 13.0 Å². The molecule has 0 amide bonds. The largest absolute Gasteiger partial charge is 0.468 e. The van der Waals surface area contributed by atoms with E-state index < -0.39 is 30.0 Å². The van der Waals surface area contributed by atoms with Crippen LogP contribution in [-0.4, -0.2) is 30.1 Å². The van der Waals surface area contributed by atoms with Gasteiger partial charge in [-0.25, -0.2) is 0 Å². The van der Waals surface area contributed by atoms with E-state index >= 15 is 0 Å². The lowest BCUT2D eigenvalue weighted by Crippen LogP contribution is -2.38. The fourth-order valence-corrected chi connectivity index (χ4v) is 3.78. The third-order valence-electron chi connectivity index (χ3n) is 5.03. The molecule has 0 aliphatic carbocycles. The number of hydrogen-bond donors (Lipinski definition) is 1. The van der Waals surface area contributed by atoms with Crippen molar-refractivity contribution in [2.75, 3.05) is 7.11 Å². The third-order valence-corrected chi connectivity index (χ3v) is 5.03. The summed E-state index contributed by atoms with van der Waals surface area (Å²) in [6, 6.07) is 17.0. The zero-order chi connectivity index (χ0) is 18.5. The van der Waals surface area contributed by atoms with Crippen molar-refractivity contribution in [2.45, 2.75) is 31.0 Å². The minimum absolute atomic E-state index is 0.261. The van der Waals surface area contributed by atoms with Crippen LogP contribution < -0.4 is 5.32 Å². The molecule has 1 heterocycles. The van der Waals surface area contributed by atoms with Crippen LogP contribution in [0.3, 0.4) is 0 Å². The molecule has 2 aromatic carbocycles. The topological polar surface area (TPSA) is 81.5 Å². The first-order valence-corrected chi connectivity index (χ1v) is 8.68. The molecule has 1 fully saturated rings. The van der Waals surface area contributed by atoms with Gasteiger partial charge >= 0.3 is 5.97 Å². The summed E-state index contributed by atoms with van der Waals surface area (Å²) in [5.41, 5.74) is 1.91. The minimum Gasteiger partial charge on any atom is -0.468 e. The lowest BCUT2D eigenvalue weighted by atomic mass is 9.86. The lowest BCUT2D eigenvalue weighted by Gasteiger charge is -2.18. The molecule has 0 bridgehead atoms. The van der Waals surface area contributed by atoms with Gasteiger partial charge in [-0.2, -0.15) is 0 Å². The number of esters is 1. The predicted octanol–water partition coefficient (Wildman–Crippen LogP) is 2.77. The van der Waals surface area contributed by atoms with Gasteiger partial charge < -0.3 is 4.74 Å². The van der Waals surface area contributed by atoms with E-state index in [0.29, 0.717) is 12.8 Å². The average Bonchev–Trinajstić information content (AvgIpc) is 3.07. The second kappa shape index (κ2) is 8.10. The maximum Gasteiger partial charge on any atom is 0.323 e. The molecule has 1 N–H and O–H groups in total. The van der Waals surface area contributed by atoms with Crippen LogP contribution in [0.5, 0.6) is 0 Å². The summed E-state index contributed by atoms with van der Waals surface area (Å²) in [5.74, 6) is -0.892. The van der Waals surface area contributed by atoms with Crippen molar-refractivity contribution in [3.8, 4) is 0 Å². The molecule has 0 unspecified atom stereocenters. The van der Waals surface area contributed by atoms with E-state index in [4.69, 9.17) is 4.74 Å². The highest BCUT2D eigenvalue weighted by molar-refractivity contribution is 5.77. The Hall–Kier alpha value is -2.73. The summed E-state index contributed by atoms with van der Waals surface area (Å²) in [4.78, 5) is 23.9. The van der Waals surface area contributed by atoms with Crippen molar-refractivity contribution in [2.24, 2.45) is 5.92 Å². The van der Waals surface area contributed by atoms with Gasteiger partial charge in [-0.05, 0) is 24.0 Å². The van der Waals surface area contributed by atoms with Crippen molar-refractivity contribution in [3.63, 3.8) is 0 Å². The van der Waals surface area contributed by atoms with Crippen LogP contribution in [0.4, 0.5) is 0 Å². The highest BCUT2D eigenvalue weighted by atomic mass is 16.6. The van der Waals surface area contributed by atoms with Gasteiger partial charge in [0, 0.05) is 4.92 Å². The summed E-state index contributed by atoms with van der Waals surface area (Å²) in [7, 11) is 1.31. The zero-order valence-corrected chi connectivity index (χ0v) is 14.6. The lowest BCUT2D eigenvalue weighted by molar-refractivity contribution is -0.532. The molecule has 136 valence electrons. The second-order valence-corrected chi connectivity index (χ2v) is 6.52. The van der Waals surface area contributed by atoms with E-state index in [2.05, 4.69) is 5.32 Å². The van der Waals surface area contributed by atoms with Gasteiger partial charge in [0.15, 0.2) is 0 Å². The Bertz CT molecular complexity index is 751. The van der Waals surface area contributed by atoms with Gasteiger partial charge in [-0.3, -0.25) is 20.2 Å². The number of hydrogen-bond acceptors (Lipinski definition) is 5. The molecule has 2 aromatic rings. The molecule has 1 saturated heterocycles. The Morgan fingerprint density at radius 1 is 1.12 bits per heavy atom. The second-order valence-electron chi connectivity index (χ2n) is 6.52. The van der Waals surface area contributed by atoms with Gasteiger partial charge in [-0.15, -0.1) is 0 Å². The molecular weight excluding hydrogens is 332 g/mol. The van der Waals surface area contributed by atoms with Crippen LogP contribution in [0.2, 0.25) is 0 Å². The highest BCUT2D eigenvalue weighted by Gasteiger charge is 2.53. The molecule has 1 aliphatic rings. The molecule has 3 rings (SSSR count). The quantitative estimate of drug-likeness (QED) is 0.490. The fraction of sp³-hybridized carbons (Fsp3) is 0.350.